The minimum absolute atomic E-state index is 0.0873. The van der Waals surface area contributed by atoms with Crippen LogP contribution in [-0.4, -0.2) is 52.3 Å². The van der Waals surface area contributed by atoms with Crippen molar-refractivity contribution < 1.29 is 19.8 Å². The molecule has 3 N–H and O–H groups in total. The van der Waals surface area contributed by atoms with Gasteiger partial charge in [0.15, 0.2) is 0 Å². The number of carboxylic acids is 1. The smallest absolute Gasteiger partial charge is 0.325 e. The lowest BCUT2D eigenvalue weighted by Gasteiger charge is -2.26. The van der Waals surface area contributed by atoms with Crippen LogP contribution in [0.25, 0.3) is 0 Å². The lowest BCUT2D eigenvalue weighted by atomic mass is 10.0. The lowest BCUT2D eigenvalue weighted by molar-refractivity contribution is -0.138. The third-order valence-corrected chi connectivity index (χ3v) is 3.04. The summed E-state index contributed by atoms with van der Waals surface area (Å²) in [7, 11) is 0. The van der Waals surface area contributed by atoms with Gasteiger partial charge < -0.3 is 20.4 Å². The molecule has 1 fully saturated rings. The molecule has 0 aromatic carbocycles. The highest BCUT2D eigenvalue weighted by Gasteiger charge is 2.34. The fourth-order valence-electron chi connectivity index (χ4n) is 1.87. The van der Waals surface area contributed by atoms with E-state index in [9.17, 15) is 9.59 Å². The molecule has 1 aliphatic heterocycles. The van der Waals surface area contributed by atoms with Gasteiger partial charge in [-0.25, -0.2) is 4.79 Å². The quantitative estimate of drug-likeness (QED) is 0.630. The van der Waals surface area contributed by atoms with Gasteiger partial charge in [-0.1, -0.05) is 6.92 Å². The van der Waals surface area contributed by atoms with Gasteiger partial charge in [0.2, 0.25) is 0 Å². The molecule has 16 heavy (non-hydrogen) atoms. The van der Waals surface area contributed by atoms with Crippen LogP contribution in [0.5, 0.6) is 0 Å². The Morgan fingerprint density at radius 1 is 1.56 bits per heavy atom. The van der Waals surface area contributed by atoms with Gasteiger partial charge in [0.25, 0.3) is 0 Å². The topological polar surface area (TPSA) is 89.9 Å². The first-order valence-corrected chi connectivity index (χ1v) is 5.38. The van der Waals surface area contributed by atoms with Crippen LogP contribution in [0.3, 0.4) is 0 Å². The first-order chi connectivity index (χ1) is 7.47. The van der Waals surface area contributed by atoms with E-state index in [1.54, 1.807) is 0 Å². The van der Waals surface area contributed by atoms with Crippen molar-refractivity contribution >= 4 is 12.0 Å². The fourth-order valence-corrected chi connectivity index (χ4v) is 1.87. The summed E-state index contributed by atoms with van der Waals surface area (Å²) in [5.74, 6) is -0.822. The maximum absolute atomic E-state index is 11.7. The summed E-state index contributed by atoms with van der Waals surface area (Å²) in [5.41, 5.74) is 0. The molecular formula is C10H18N2O4. The van der Waals surface area contributed by atoms with Crippen molar-refractivity contribution in [2.75, 3.05) is 13.2 Å². The van der Waals surface area contributed by atoms with Crippen molar-refractivity contribution in [2.45, 2.75) is 32.4 Å². The van der Waals surface area contributed by atoms with E-state index in [-0.39, 0.29) is 18.6 Å². The fraction of sp³-hybridized carbons (Fsp3) is 0.800. The summed E-state index contributed by atoms with van der Waals surface area (Å²) in [6, 6.07) is -1.54. The van der Waals surface area contributed by atoms with Crippen LogP contribution in [0.2, 0.25) is 0 Å². The molecule has 0 aromatic rings. The molecular weight excluding hydrogens is 212 g/mol. The molecule has 0 radical (unpaired) electrons. The Kier molecular flexibility index (Phi) is 4.12. The summed E-state index contributed by atoms with van der Waals surface area (Å²) < 4.78 is 0. The van der Waals surface area contributed by atoms with Crippen LogP contribution in [0.15, 0.2) is 0 Å². The summed E-state index contributed by atoms with van der Waals surface area (Å²) in [4.78, 5) is 23.8. The first-order valence-electron chi connectivity index (χ1n) is 5.38. The lowest BCUT2D eigenvalue weighted by Crippen LogP contribution is -2.49. The predicted molar refractivity (Wildman–Crippen MR) is 57.0 cm³/mol. The van der Waals surface area contributed by atoms with Crippen LogP contribution in [0, 0.1) is 5.92 Å². The number of hydrogen-bond acceptors (Lipinski definition) is 3. The first kappa shape index (κ1) is 12.8. The molecule has 1 rings (SSSR count). The number of likely N-dealkylation sites (tertiary alicyclic amines) is 1. The third kappa shape index (κ3) is 2.63. The Hall–Kier alpha value is -1.30. The van der Waals surface area contributed by atoms with Crippen molar-refractivity contribution in [3.05, 3.63) is 0 Å². The largest absolute Gasteiger partial charge is 0.480 e. The summed E-state index contributed by atoms with van der Waals surface area (Å²) in [6.07, 6.45) is 0.833. The monoisotopic (exact) mass is 230 g/mol. The summed E-state index contributed by atoms with van der Waals surface area (Å²) in [5, 5.41) is 20.2. The zero-order chi connectivity index (χ0) is 12.3. The highest BCUT2D eigenvalue weighted by Crippen LogP contribution is 2.23. The summed E-state index contributed by atoms with van der Waals surface area (Å²) in [6.45, 7) is 3.85. The highest BCUT2D eigenvalue weighted by molar-refractivity contribution is 5.82. The number of carbonyl (C=O) groups is 2. The van der Waals surface area contributed by atoms with E-state index in [1.807, 2.05) is 6.92 Å². The molecule has 1 heterocycles. The van der Waals surface area contributed by atoms with Gasteiger partial charge in [0.1, 0.15) is 6.04 Å². The Bertz CT molecular complexity index is 282. The number of amides is 2. The van der Waals surface area contributed by atoms with Gasteiger partial charge in [-0.05, 0) is 19.3 Å². The van der Waals surface area contributed by atoms with Crippen molar-refractivity contribution in [2.24, 2.45) is 5.92 Å². The van der Waals surface area contributed by atoms with E-state index in [0.717, 1.165) is 6.42 Å². The molecule has 3 unspecified atom stereocenters. The van der Waals surface area contributed by atoms with Crippen LogP contribution < -0.4 is 5.32 Å². The number of rotatable bonds is 3. The Morgan fingerprint density at radius 3 is 2.69 bits per heavy atom. The average Bonchev–Trinajstić information content (AvgIpc) is 2.59. The number of carboxylic acid groups (broad SMARTS) is 1. The molecule has 3 atom stereocenters. The van der Waals surface area contributed by atoms with Gasteiger partial charge in [-0.2, -0.15) is 0 Å². The second kappa shape index (κ2) is 5.16. The van der Waals surface area contributed by atoms with Crippen molar-refractivity contribution in [1.82, 2.24) is 10.2 Å². The predicted octanol–water partition coefficient (Wildman–Crippen LogP) is -0.128. The number of carbonyl (C=O) groups excluding carboxylic acids is 1. The second-order valence-corrected chi connectivity index (χ2v) is 4.22. The number of hydrogen-bond donors (Lipinski definition) is 3. The second-order valence-electron chi connectivity index (χ2n) is 4.22. The van der Waals surface area contributed by atoms with Crippen LogP contribution in [0.4, 0.5) is 4.79 Å². The number of nitrogens with one attached hydrogen (secondary N) is 1. The zero-order valence-electron chi connectivity index (χ0n) is 9.51. The molecule has 0 aliphatic carbocycles. The van der Waals surface area contributed by atoms with Gasteiger partial charge in [0, 0.05) is 6.54 Å². The van der Waals surface area contributed by atoms with Crippen LogP contribution in [-0.2, 0) is 4.79 Å². The van der Waals surface area contributed by atoms with Crippen molar-refractivity contribution in [3.8, 4) is 0 Å². The minimum atomic E-state index is -1.07. The Labute approximate surface area is 94.2 Å². The average molecular weight is 230 g/mol. The van der Waals surface area contributed by atoms with Crippen LogP contribution in [0.1, 0.15) is 20.3 Å². The molecule has 0 saturated carbocycles. The number of aliphatic carboxylic acids is 1. The van der Waals surface area contributed by atoms with Gasteiger partial charge in [-0.15, -0.1) is 0 Å². The molecule has 0 spiro atoms. The zero-order valence-corrected chi connectivity index (χ0v) is 9.51. The van der Waals surface area contributed by atoms with E-state index in [4.69, 9.17) is 10.2 Å². The van der Waals surface area contributed by atoms with Gasteiger partial charge in [0.05, 0.1) is 12.6 Å². The molecule has 0 aromatic heterocycles. The number of urea groups is 1. The van der Waals surface area contributed by atoms with Crippen molar-refractivity contribution in [3.63, 3.8) is 0 Å². The Balaban J connectivity index is 2.57. The molecule has 0 bridgehead atoms. The molecule has 1 aliphatic rings. The molecule has 6 heteroatoms. The van der Waals surface area contributed by atoms with E-state index < -0.39 is 18.0 Å². The molecule has 92 valence electrons. The minimum Gasteiger partial charge on any atom is -0.480 e. The van der Waals surface area contributed by atoms with E-state index in [1.165, 1.54) is 11.8 Å². The molecule has 6 nitrogen and oxygen atoms in total. The van der Waals surface area contributed by atoms with Gasteiger partial charge >= 0.3 is 12.0 Å². The number of aliphatic hydroxyl groups is 1. The van der Waals surface area contributed by atoms with Gasteiger partial charge in [-0.3, -0.25) is 4.79 Å². The number of aliphatic hydroxyl groups excluding tert-OH is 1. The maximum atomic E-state index is 11.7. The van der Waals surface area contributed by atoms with Crippen molar-refractivity contribution in [1.29, 1.82) is 0 Å². The third-order valence-electron chi connectivity index (χ3n) is 3.04. The van der Waals surface area contributed by atoms with E-state index >= 15 is 0 Å². The highest BCUT2D eigenvalue weighted by atomic mass is 16.4. The Morgan fingerprint density at radius 2 is 2.19 bits per heavy atom. The van der Waals surface area contributed by atoms with E-state index in [2.05, 4.69) is 5.32 Å². The summed E-state index contributed by atoms with van der Waals surface area (Å²) >= 11 is 0. The molecule has 1 saturated heterocycles. The maximum Gasteiger partial charge on any atom is 0.325 e. The SMILES string of the molecule is CC(NC(=O)N1CCC(C)C1CO)C(=O)O. The van der Waals surface area contributed by atoms with Crippen LogP contribution >= 0.6 is 0 Å². The normalized spacial score (nSPS) is 26.6. The van der Waals surface area contributed by atoms with E-state index in [0.29, 0.717) is 6.54 Å². The number of nitrogens with zero attached hydrogens (tertiary/aromatic N) is 1. The molecule has 2 amide bonds. The standard InChI is InChI=1S/C10H18N2O4/c1-6-3-4-12(8(6)5-13)10(16)11-7(2)9(14)15/h6-8,13H,3-5H2,1-2H3,(H,11,16)(H,14,15).